The standard InChI is InChI=1S/C21H17N3O4.C2H6/c22-14-4-5-15-17-9(2-1-3-10(14)17)12-7-24-16(18(12)23-15)6-11-13(20(24)26)8-28-21(27)19(11)25;1-2/h4-6,19,25H,1-3,7-8,22H2;1-2H3. The highest BCUT2D eigenvalue weighted by Gasteiger charge is 2.35. The molecule has 7 nitrogen and oxygen atoms in total. The zero-order valence-corrected chi connectivity index (χ0v) is 17.0. The van der Waals surface area contributed by atoms with Crippen LogP contribution in [0.1, 0.15) is 54.2 Å². The normalized spacial score (nSPS) is 18.1. The van der Waals surface area contributed by atoms with E-state index in [0.717, 1.165) is 52.7 Å². The topological polar surface area (TPSA) is 107 Å². The molecule has 1 aliphatic carbocycles. The van der Waals surface area contributed by atoms with Gasteiger partial charge >= 0.3 is 5.97 Å². The molecule has 6 rings (SSSR count). The maximum Gasteiger partial charge on any atom is 0.340 e. The van der Waals surface area contributed by atoms with Crippen LogP contribution in [0.2, 0.25) is 0 Å². The van der Waals surface area contributed by atoms with Crippen LogP contribution in [0.5, 0.6) is 0 Å². The molecule has 4 heterocycles. The van der Waals surface area contributed by atoms with Crippen LogP contribution in [0, 0.1) is 0 Å². The fourth-order valence-electron chi connectivity index (χ4n) is 4.89. The number of hydrogen-bond donors (Lipinski definition) is 2. The number of nitrogens with zero attached hydrogens (tertiary/aromatic N) is 2. The van der Waals surface area contributed by atoms with Crippen molar-refractivity contribution in [3.05, 3.63) is 56.4 Å². The number of pyridine rings is 2. The molecule has 2 aliphatic heterocycles. The maximum atomic E-state index is 13.1. The summed E-state index contributed by atoms with van der Waals surface area (Å²) >= 11 is 0. The molecular weight excluding hydrogens is 382 g/mol. The highest BCUT2D eigenvalue weighted by Crippen LogP contribution is 2.41. The third kappa shape index (κ3) is 2.38. The van der Waals surface area contributed by atoms with Gasteiger partial charge in [0.2, 0.25) is 0 Å². The van der Waals surface area contributed by atoms with Gasteiger partial charge in [0.1, 0.15) is 6.61 Å². The van der Waals surface area contributed by atoms with Crippen molar-refractivity contribution in [1.29, 1.82) is 0 Å². The predicted molar refractivity (Wildman–Crippen MR) is 113 cm³/mol. The third-order valence-electron chi connectivity index (χ3n) is 6.24. The predicted octanol–water partition coefficient (Wildman–Crippen LogP) is 2.61. The van der Waals surface area contributed by atoms with Gasteiger partial charge in [-0.2, -0.15) is 0 Å². The molecular formula is C23H23N3O4. The molecule has 0 spiro atoms. The summed E-state index contributed by atoms with van der Waals surface area (Å²) in [7, 11) is 0. The van der Waals surface area contributed by atoms with E-state index >= 15 is 0 Å². The summed E-state index contributed by atoms with van der Waals surface area (Å²) < 4.78 is 6.62. The monoisotopic (exact) mass is 405 g/mol. The van der Waals surface area contributed by atoms with Crippen molar-refractivity contribution in [1.82, 2.24) is 9.55 Å². The quantitative estimate of drug-likeness (QED) is 0.344. The number of aliphatic hydroxyl groups excluding tert-OH is 1. The average molecular weight is 405 g/mol. The third-order valence-corrected chi connectivity index (χ3v) is 6.24. The Balaban J connectivity index is 0.000000937. The maximum absolute atomic E-state index is 13.1. The zero-order valence-electron chi connectivity index (χ0n) is 17.0. The number of hydrogen-bond acceptors (Lipinski definition) is 6. The lowest BCUT2D eigenvalue weighted by Crippen LogP contribution is -2.32. The molecule has 0 amide bonds. The first-order valence-corrected chi connectivity index (χ1v) is 10.4. The summed E-state index contributed by atoms with van der Waals surface area (Å²) in [6.07, 6.45) is 1.43. The van der Waals surface area contributed by atoms with Gasteiger partial charge in [0.25, 0.3) is 5.56 Å². The van der Waals surface area contributed by atoms with Gasteiger partial charge in [-0.05, 0) is 48.6 Å². The molecule has 1 atom stereocenters. The first kappa shape index (κ1) is 18.8. The Bertz CT molecular complexity index is 1290. The van der Waals surface area contributed by atoms with E-state index in [1.54, 1.807) is 10.6 Å². The van der Waals surface area contributed by atoms with Gasteiger partial charge in [-0.15, -0.1) is 0 Å². The number of ether oxygens (including phenoxy) is 1. The van der Waals surface area contributed by atoms with Crippen LogP contribution in [-0.2, 0) is 35.5 Å². The van der Waals surface area contributed by atoms with Gasteiger partial charge in [-0.3, -0.25) is 4.79 Å². The Hall–Kier alpha value is -3.19. The lowest BCUT2D eigenvalue weighted by atomic mass is 9.86. The summed E-state index contributed by atoms with van der Waals surface area (Å²) in [6.45, 7) is 4.33. The number of rotatable bonds is 0. The van der Waals surface area contributed by atoms with Crippen LogP contribution in [0.15, 0.2) is 23.0 Å². The number of anilines is 1. The summed E-state index contributed by atoms with van der Waals surface area (Å²) in [5.41, 5.74) is 13.1. The van der Waals surface area contributed by atoms with Crippen LogP contribution in [0.3, 0.4) is 0 Å². The summed E-state index contributed by atoms with van der Waals surface area (Å²) in [5.74, 6) is -0.725. The fourth-order valence-corrected chi connectivity index (χ4v) is 4.89. The van der Waals surface area contributed by atoms with Gasteiger partial charge in [0.05, 0.1) is 29.0 Å². The van der Waals surface area contributed by atoms with E-state index in [1.165, 1.54) is 5.56 Å². The molecule has 1 aromatic carbocycles. The summed E-state index contributed by atoms with van der Waals surface area (Å²) in [5, 5.41) is 11.3. The first-order valence-electron chi connectivity index (χ1n) is 10.4. The Kier molecular flexibility index (Phi) is 4.18. The number of esters is 1. The molecule has 3 N–H and O–H groups in total. The summed E-state index contributed by atoms with van der Waals surface area (Å²) in [6, 6.07) is 5.54. The number of fused-ring (bicyclic) bond motifs is 5. The molecule has 154 valence electrons. The second kappa shape index (κ2) is 6.67. The minimum atomic E-state index is -1.43. The van der Waals surface area contributed by atoms with E-state index in [0.29, 0.717) is 23.4 Å². The van der Waals surface area contributed by atoms with Crippen molar-refractivity contribution >= 4 is 22.6 Å². The largest absolute Gasteiger partial charge is 0.458 e. The van der Waals surface area contributed by atoms with Crippen molar-refractivity contribution < 1.29 is 14.6 Å². The van der Waals surface area contributed by atoms with Crippen molar-refractivity contribution in [3.63, 3.8) is 0 Å². The number of cyclic esters (lactones) is 1. The molecule has 0 radical (unpaired) electrons. The lowest BCUT2D eigenvalue weighted by Gasteiger charge is -2.21. The number of carbonyl (C=O) groups excluding carboxylic acids is 1. The molecule has 3 aromatic rings. The molecule has 0 fully saturated rings. The lowest BCUT2D eigenvalue weighted by molar-refractivity contribution is -0.157. The van der Waals surface area contributed by atoms with E-state index in [1.807, 2.05) is 26.0 Å². The van der Waals surface area contributed by atoms with Gasteiger partial charge in [-0.25, -0.2) is 9.78 Å². The molecule has 0 bridgehead atoms. The van der Waals surface area contributed by atoms with Gasteiger partial charge < -0.3 is 20.1 Å². The molecule has 0 saturated carbocycles. The van der Waals surface area contributed by atoms with E-state index < -0.39 is 12.1 Å². The minimum absolute atomic E-state index is 0.108. The molecule has 7 heteroatoms. The van der Waals surface area contributed by atoms with Crippen molar-refractivity contribution in [2.24, 2.45) is 0 Å². The van der Waals surface area contributed by atoms with E-state index in [9.17, 15) is 14.7 Å². The van der Waals surface area contributed by atoms with Crippen LogP contribution in [0.4, 0.5) is 5.69 Å². The smallest absolute Gasteiger partial charge is 0.340 e. The van der Waals surface area contributed by atoms with Gasteiger partial charge in [0.15, 0.2) is 6.10 Å². The van der Waals surface area contributed by atoms with Crippen molar-refractivity contribution in [2.75, 3.05) is 5.73 Å². The Morgan fingerprint density at radius 3 is 2.70 bits per heavy atom. The number of benzene rings is 1. The number of aliphatic hydroxyl groups is 1. The Labute approximate surface area is 173 Å². The minimum Gasteiger partial charge on any atom is -0.458 e. The first-order chi connectivity index (χ1) is 14.5. The number of nitrogen functional groups attached to an aromatic ring is 1. The van der Waals surface area contributed by atoms with E-state index in [2.05, 4.69) is 0 Å². The summed E-state index contributed by atoms with van der Waals surface area (Å²) in [4.78, 5) is 29.7. The molecule has 1 unspecified atom stereocenters. The van der Waals surface area contributed by atoms with E-state index in [4.69, 9.17) is 15.5 Å². The molecule has 30 heavy (non-hydrogen) atoms. The van der Waals surface area contributed by atoms with Gasteiger partial charge in [0, 0.05) is 22.2 Å². The number of nitrogens with two attached hydrogens (primary N) is 1. The fraction of sp³-hybridized carbons (Fsp3) is 0.348. The number of carbonyl (C=O) groups is 1. The molecule has 3 aliphatic rings. The van der Waals surface area contributed by atoms with Gasteiger partial charge in [-0.1, -0.05) is 13.8 Å². The Morgan fingerprint density at radius 2 is 1.90 bits per heavy atom. The van der Waals surface area contributed by atoms with Crippen molar-refractivity contribution in [2.45, 2.75) is 52.4 Å². The number of aromatic nitrogens is 2. The second-order valence-electron chi connectivity index (χ2n) is 7.66. The van der Waals surface area contributed by atoms with Crippen LogP contribution >= 0.6 is 0 Å². The van der Waals surface area contributed by atoms with Crippen LogP contribution in [-0.4, -0.2) is 20.6 Å². The SMILES string of the molecule is CC.Nc1ccc2nc3c(c4c2c1CCC4)Cn1c-3cc2c(c1=O)COC(=O)C2O. The molecule has 2 aromatic heterocycles. The second-order valence-corrected chi connectivity index (χ2v) is 7.66. The highest BCUT2D eigenvalue weighted by atomic mass is 16.5. The van der Waals surface area contributed by atoms with Crippen LogP contribution in [0.25, 0.3) is 22.3 Å². The highest BCUT2D eigenvalue weighted by molar-refractivity contribution is 5.94. The van der Waals surface area contributed by atoms with Crippen LogP contribution < -0.4 is 11.3 Å². The zero-order chi connectivity index (χ0) is 21.2. The van der Waals surface area contributed by atoms with Crippen molar-refractivity contribution in [3.8, 4) is 11.4 Å². The van der Waals surface area contributed by atoms with E-state index in [-0.39, 0.29) is 12.2 Å². The molecule has 0 saturated heterocycles. The average Bonchev–Trinajstić information content (AvgIpc) is 3.14. The number of aryl methyl sites for hydroxylation is 2. The Morgan fingerprint density at radius 1 is 1.13 bits per heavy atom.